The number of halogens is 3. The van der Waals surface area contributed by atoms with Crippen molar-refractivity contribution in [2.24, 2.45) is 0 Å². The molecule has 0 amide bonds. The summed E-state index contributed by atoms with van der Waals surface area (Å²) >= 11 is 7.13. The summed E-state index contributed by atoms with van der Waals surface area (Å²) < 4.78 is 34.4. The van der Waals surface area contributed by atoms with Gasteiger partial charge in [-0.25, -0.2) is 13.8 Å². The molecule has 0 saturated heterocycles. The van der Waals surface area contributed by atoms with Gasteiger partial charge in [0.2, 0.25) is 0 Å². The molecule has 2 aromatic carbocycles. The van der Waals surface area contributed by atoms with Gasteiger partial charge in [-0.3, -0.25) is 4.79 Å². The zero-order valence-electron chi connectivity index (χ0n) is 12.6. The monoisotopic (exact) mass is 367 g/mol. The maximum atomic E-state index is 14.1. The summed E-state index contributed by atoms with van der Waals surface area (Å²) in [7, 11) is 0. The van der Waals surface area contributed by atoms with Gasteiger partial charge in [-0.1, -0.05) is 29.9 Å². The number of ketones is 1. The molecular weight excluding hydrogens is 356 g/mol. The summed E-state index contributed by atoms with van der Waals surface area (Å²) in [5.41, 5.74) is 0.441. The fourth-order valence-electron chi connectivity index (χ4n) is 2.15. The van der Waals surface area contributed by atoms with Gasteiger partial charge >= 0.3 is 0 Å². The third-order valence-corrected chi connectivity index (χ3v) is 4.55. The molecule has 24 heavy (non-hydrogen) atoms. The van der Waals surface area contributed by atoms with E-state index in [0.29, 0.717) is 10.5 Å². The number of hydrogen-bond donors (Lipinski definition) is 0. The Labute approximate surface area is 145 Å². The maximum Gasteiger partial charge on any atom is 0.279 e. The van der Waals surface area contributed by atoms with Crippen LogP contribution in [-0.4, -0.2) is 10.8 Å². The molecule has 0 radical (unpaired) electrons. The van der Waals surface area contributed by atoms with Crippen molar-refractivity contribution in [2.75, 3.05) is 0 Å². The van der Waals surface area contributed by atoms with Gasteiger partial charge in [0.25, 0.3) is 5.19 Å². The standard InChI is InChI=1S/C17H12ClF2NO2S/c1-2-10(22)6-12-13(19)7-11(8-14(12)20)23-17-21-15-4-3-9(18)5-16(15)24-17/h3-5,7-8H,2,6H2,1H3. The molecule has 0 aliphatic carbocycles. The predicted octanol–water partition coefficient (Wildman–Crippen LogP) is 5.54. The molecule has 3 rings (SSSR count). The molecule has 124 valence electrons. The number of ether oxygens (including phenoxy) is 1. The SMILES string of the molecule is CCC(=O)Cc1c(F)cc(Oc2nc3ccc(Cl)cc3s2)cc1F. The number of aromatic nitrogens is 1. The van der Waals surface area contributed by atoms with Gasteiger partial charge in [-0.05, 0) is 18.2 Å². The number of fused-ring (bicyclic) bond motifs is 1. The average molecular weight is 368 g/mol. The molecule has 7 heteroatoms. The lowest BCUT2D eigenvalue weighted by Crippen LogP contribution is -2.05. The minimum atomic E-state index is -0.809. The quantitative estimate of drug-likeness (QED) is 0.594. The van der Waals surface area contributed by atoms with Crippen LogP contribution in [0.4, 0.5) is 8.78 Å². The molecule has 3 aromatic rings. The van der Waals surface area contributed by atoms with Crippen LogP contribution < -0.4 is 4.74 Å². The average Bonchev–Trinajstić information content (AvgIpc) is 2.91. The van der Waals surface area contributed by atoms with Crippen molar-refractivity contribution in [3.63, 3.8) is 0 Å². The molecule has 1 heterocycles. The molecule has 0 atom stereocenters. The van der Waals surface area contributed by atoms with Gasteiger partial charge in [-0.2, -0.15) is 0 Å². The molecule has 0 saturated carbocycles. The van der Waals surface area contributed by atoms with Gasteiger partial charge in [-0.15, -0.1) is 0 Å². The largest absolute Gasteiger partial charge is 0.431 e. The Balaban J connectivity index is 1.87. The van der Waals surface area contributed by atoms with E-state index in [-0.39, 0.29) is 35.1 Å². The summed E-state index contributed by atoms with van der Waals surface area (Å²) in [5, 5.41) is 0.822. The summed E-state index contributed by atoms with van der Waals surface area (Å²) in [6.45, 7) is 1.65. The second-order valence-corrected chi connectivity index (χ2v) is 6.56. The molecule has 0 aliphatic heterocycles. The number of Topliss-reactive ketones (excluding diaryl/α,β-unsaturated/α-hetero) is 1. The smallest absolute Gasteiger partial charge is 0.279 e. The fraction of sp³-hybridized carbons (Fsp3) is 0.176. The van der Waals surface area contributed by atoms with Crippen LogP contribution in [0.5, 0.6) is 10.9 Å². The predicted molar refractivity (Wildman–Crippen MR) is 90.1 cm³/mol. The first kappa shape index (κ1) is 16.8. The number of benzene rings is 2. The van der Waals surface area contributed by atoms with Crippen LogP contribution in [0, 0.1) is 11.6 Å². The summed E-state index contributed by atoms with van der Waals surface area (Å²) in [6, 6.07) is 7.29. The van der Waals surface area contributed by atoms with Crippen molar-refractivity contribution in [3.8, 4) is 10.9 Å². The summed E-state index contributed by atoms with van der Waals surface area (Å²) in [6.07, 6.45) is -0.0422. The van der Waals surface area contributed by atoms with E-state index in [1.165, 1.54) is 11.3 Å². The van der Waals surface area contributed by atoms with Crippen LogP contribution >= 0.6 is 22.9 Å². The first-order valence-corrected chi connectivity index (χ1v) is 8.39. The van der Waals surface area contributed by atoms with Crippen molar-refractivity contribution < 1.29 is 18.3 Å². The van der Waals surface area contributed by atoms with Gasteiger partial charge in [0.05, 0.1) is 10.2 Å². The van der Waals surface area contributed by atoms with Crippen molar-refractivity contribution >= 4 is 38.9 Å². The van der Waals surface area contributed by atoms with Gasteiger partial charge in [0, 0.05) is 35.6 Å². The topological polar surface area (TPSA) is 39.2 Å². The number of carbonyl (C=O) groups excluding carboxylic acids is 1. The molecule has 0 spiro atoms. The van der Waals surface area contributed by atoms with E-state index < -0.39 is 11.6 Å². The zero-order chi connectivity index (χ0) is 17.3. The van der Waals surface area contributed by atoms with E-state index in [1.807, 2.05) is 0 Å². The van der Waals surface area contributed by atoms with E-state index in [0.717, 1.165) is 16.8 Å². The molecule has 0 unspecified atom stereocenters. The minimum absolute atomic E-state index is 0.0112. The Bertz CT molecular complexity index is 903. The molecule has 0 aliphatic rings. The second-order valence-electron chi connectivity index (χ2n) is 5.13. The van der Waals surface area contributed by atoms with Crippen LogP contribution in [0.25, 0.3) is 10.2 Å². The number of nitrogens with zero attached hydrogens (tertiary/aromatic N) is 1. The lowest BCUT2D eigenvalue weighted by atomic mass is 10.1. The van der Waals surface area contributed by atoms with Crippen molar-refractivity contribution in [2.45, 2.75) is 19.8 Å². The summed E-state index contributed by atoms with van der Waals surface area (Å²) in [4.78, 5) is 15.6. The highest BCUT2D eigenvalue weighted by molar-refractivity contribution is 7.20. The molecule has 0 bridgehead atoms. The molecule has 0 N–H and O–H groups in total. The molecule has 0 fully saturated rings. The Hall–Kier alpha value is -2.05. The van der Waals surface area contributed by atoms with Crippen molar-refractivity contribution in [1.82, 2.24) is 4.98 Å². The van der Waals surface area contributed by atoms with Crippen LogP contribution in [0.15, 0.2) is 30.3 Å². The number of hydrogen-bond acceptors (Lipinski definition) is 4. The van der Waals surface area contributed by atoms with Gasteiger partial charge < -0.3 is 4.74 Å². The number of carbonyl (C=O) groups is 1. The zero-order valence-corrected chi connectivity index (χ0v) is 14.2. The minimum Gasteiger partial charge on any atom is -0.431 e. The third kappa shape index (κ3) is 3.55. The van der Waals surface area contributed by atoms with Crippen LogP contribution in [0.2, 0.25) is 5.02 Å². The van der Waals surface area contributed by atoms with Crippen molar-refractivity contribution in [3.05, 3.63) is 52.6 Å². The normalized spacial score (nSPS) is 11.0. The van der Waals surface area contributed by atoms with Crippen LogP contribution in [0.3, 0.4) is 0 Å². The Morgan fingerprint density at radius 1 is 1.25 bits per heavy atom. The Kier molecular flexibility index (Phi) is 4.78. The molecule has 3 nitrogen and oxygen atoms in total. The molecule has 1 aromatic heterocycles. The lowest BCUT2D eigenvalue weighted by molar-refractivity contribution is -0.118. The maximum absolute atomic E-state index is 14.1. The van der Waals surface area contributed by atoms with Crippen LogP contribution in [-0.2, 0) is 11.2 Å². The fourth-order valence-corrected chi connectivity index (χ4v) is 3.26. The Morgan fingerprint density at radius 2 is 1.96 bits per heavy atom. The lowest BCUT2D eigenvalue weighted by Gasteiger charge is -2.07. The Morgan fingerprint density at radius 3 is 2.62 bits per heavy atom. The number of thiazole rings is 1. The highest BCUT2D eigenvalue weighted by Gasteiger charge is 2.16. The van der Waals surface area contributed by atoms with Gasteiger partial charge in [0.15, 0.2) is 0 Å². The van der Waals surface area contributed by atoms with E-state index >= 15 is 0 Å². The molecular formula is C17H12ClF2NO2S. The van der Waals surface area contributed by atoms with Crippen LogP contribution in [0.1, 0.15) is 18.9 Å². The third-order valence-electron chi connectivity index (χ3n) is 3.42. The van der Waals surface area contributed by atoms with E-state index in [2.05, 4.69) is 4.98 Å². The highest BCUT2D eigenvalue weighted by Crippen LogP contribution is 2.33. The second kappa shape index (κ2) is 6.83. The van der Waals surface area contributed by atoms with Gasteiger partial charge in [0.1, 0.15) is 23.2 Å². The van der Waals surface area contributed by atoms with Crippen molar-refractivity contribution in [1.29, 1.82) is 0 Å². The first-order valence-electron chi connectivity index (χ1n) is 7.20. The number of rotatable bonds is 5. The highest BCUT2D eigenvalue weighted by atomic mass is 35.5. The first-order chi connectivity index (χ1) is 11.5. The van der Waals surface area contributed by atoms with E-state index in [9.17, 15) is 13.6 Å². The van der Waals surface area contributed by atoms with E-state index in [1.54, 1.807) is 25.1 Å². The van der Waals surface area contributed by atoms with E-state index in [4.69, 9.17) is 16.3 Å². The summed E-state index contributed by atoms with van der Waals surface area (Å²) in [5.74, 6) is -1.86.